The molecule has 4 heteroatoms. The Hall–Kier alpha value is 0.144. The predicted octanol–water partition coefficient (Wildman–Crippen LogP) is 3.58. The van der Waals surface area contributed by atoms with Crippen LogP contribution in [0, 0.1) is 13.3 Å². The van der Waals surface area contributed by atoms with E-state index in [0.29, 0.717) is 0 Å². The van der Waals surface area contributed by atoms with Gasteiger partial charge >= 0.3 is 28.7 Å². The van der Waals surface area contributed by atoms with Crippen LogP contribution in [0.1, 0.15) is 26.7 Å². The molecule has 0 saturated heterocycles. The van der Waals surface area contributed by atoms with Crippen LogP contribution in [0.5, 0.6) is 0 Å². The fraction of sp³-hybridized carbons (Fsp3) is 0.500. The van der Waals surface area contributed by atoms with E-state index in [9.17, 15) is 0 Å². The van der Waals surface area contributed by atoms with Gasteiger partial charge in [0, 0.05) is 19.1 Å². The molecule has 0 aromatic rings. The Morgan fingerprint density at radius 1 is 1.22 bits per heavy atom. The van der Waals surface area contributed by atoms with Gasteiger partial charge in [-0.3, -0.25) is 0 Å². The average molecular weight is 309 g/mol. The molecule has 0 aromatic carbocycles. The van der Waals surface area contributed by atoms with Crippen molar-refractivity contribution in [3.8, 4) is 0 Å². The summed E-state index contributed by atoms with van der Waals surface area (Å²) in [5.41, 5.74) is 1.53. The summed E-state index contributed by atoms with van der Waals surface area (Å²) in [6.07, 6.45) is 13.7. The summed E-state index contributed by atoms with van der Waals surface area (Å²) in [6.45, 7) is 3.86. The van der Waals surface area contributed by atoms with Gasteiger partial charge in [-0.2, -0.15) is 0 Å². The first-order valence-corrected chi connectivity index (χ1v) is 7.90. The van der Waals surface area contributed by atoms with Crippen LogP contribution < -0.4 is 0 Å². The third-order valence-corrected chi connectivity index (χ3v) is 2.03. The minimum absolute atomic E-state index is 0. The van der Waals surface area contributed by atoms with E-state index in [1.807, 2.05) is 0 Å². The Balaban J connectivity index is -0.000000216. The molecular formula is C14H25ClO2Ti. The van der Waals surface area contributed by atoms with E-state index in [1.165, 1.54) is 37.8 Å². The van der Waals surface area contributed by atoms with E-state index in [4.69, 9.17) is 10.2 Å². The molecule has 104 valence electrons. The molecule has 0 heterocycles. The van der Waals surface area contributed by atoms with E-state index < -0.39 is 0 Å². The summed E-state index contributed by atoms with van der Waals surface area (Å²) >= 11 is 1.47. The molecule has 2 aliphatic carbocycles. The van der Waals surface area contributed by atoms with E-state index in [2.05, 4.69) is 39.7 Å². The van der Waals surface area contributed by atoms with Crippen molar-refractivity contribution >= 4 is 9.30 Å². The van der Waals surface area contributed by atoms with Crippen molar-refractivity contribution in [1.29, 1.82) is 0 Å². The average Bonchev–Trinajstić information content (AvgIpc) is 2.82. The van der Waals surface area contributed by atoms with Gasteiger partial charge < -0.3 is 17.6 Å². The quantitative estimate of drug-likeness (QED) is 0.530. The van der Waals surface area contributed by atoms with Crippen LogP contribution in [0.3, 0.4) is 0 Å². The number of halogens is 1. The van der Waals surface area contributed by atoms with Gasteiger partial charge in [-0.15, -0.1) is 0 Å². The monoisotopic (exact) mass is 308 g/mol. The maximum absolute atomic E-state index is 7.57. The SMILES string of the molecule is C1=CC2=CCC[C@@H]2C=C1.CCO.CCO.[CH3-].[Cl][Ti+]. The van der Waals surface area contributed by atoms with Crippen LogP contribution in [0.2, 0.25) is 0 Å². The van der Waals surface area contributed by atoms with Crippen molar-refractivity contribution in [1.82, 2.24) is 0 Å². The van der Waals surface area contributed by atoms with Crippen molar-refractivity contribution in [2.24, 2.45) is 5.92 Å². The van der Waals surface area contributed by atoms with Gasteiger partial charge in [-0.1, -0.05) is 30.4 Å². The topological polar surface area (TPSA) is 40.5 Å². The Morgan fingerprint density at radius 3 is 2.17 bits per heavy atom. The zero-order valence-corrected chi connectivity index (χ0v) is 13.9. The van der Waals surface area contributed by atoms with Crippen molar-refractivity contribution in [3.05, 3.63) is 43.4 Å². The van der Waals surface area contributed by atoms with Crippen LogP contribution in [-0.2, 0) is 19.4 Å². The van der Waals surface area contributed by atoms with Gasteiger partial charge in [0.2, 0.25) is 0 Å². The van der Waals surface area contributed by atoms with Gasteiger partial charge in [0.05, 0.1) is 0 Å². The molecule has 0 unspecified atom stereocenters. The van der Waals surface area contributed by atoms with Crippen LogP contribution in [0.25, 0.3) is 0 Å². The van der Waals surface area contributed by atoms with Gasteiger partial charge in [0.15, 0.2) is 0 Å². The molecule has 0 aliphatic heterocycles. The Kier molecular flexibility index (Phi) is 25.2. The number of rotatable bonds is 0. The number of hydrogen-bond donors (Lipinski definition) is 2. The third-order valence-electron chi connectivity index (χ3n) is 2.03. The molecule has 0 bridgehead atoms. The van der Waals surface area contributed by atoms with Crippen molar-refractivity contribution in [3.63, 3.8) is 0 Å². The van der Waals surface area contributed by atoms with Gasteiger partial charge in [-0.05, 0) is 32.3 Å². The van der Waals surface area contributed by atoms with Gasteiger partial charge in [0.25, 0.3) is 0 Å². The molecule has 0 saturated carbocycles. The predicted molar refractivity (Wildman–Crippen MR) is 76.9 cm³/mol. The summed E-state index contributed by atoms with van der Waals surface area (Å²) in [5.74, 6) is 0.759. The number of aliphatic hydroxyl groups excluding tert-OH is 2. The van der Waals surface area contributed by atoms with E-state index >= 15 is 0 Å². The molecule has 0 radical (unpaired) electrons. The molecule has 2 N–H and O–H groups in total. The fourth-order valence-electron chi connectivity index (χ4n) is 1.51. The summed E-state index contributed by atoms with van der Waals surface area (Å²) in [6, 6.07) is 0. The molecule has 18 heavy (non-hydrogen) atoms. The number of fused-ring (bicyclic) bond motifs is 1. The number of aliphatic hydroxyl groups is 2. The van der Waals surface area contributed by atoms with Crippen molar-refractivity contribution in [2.75, 3.05) is 13.2 Å². The molecule has 2 nitrogen and oxygen atoms in total. The zero-order valence-electron chi connectivity index (χ0n) is 11.6. The Bertz CT molecular complexity index is 233. The number of hydrogen-bond acceptors (Lipinski definition) is 2. The Morgan fingerprint density at radius 2 is 1.72 bits per heavy atom. The van der Waals surface area contributed by atoms with Crippen molar-refractivity contribution < 1.29 is 29.6 Å². The fourth-order valence-corrected chi connectivity index (χ4v) is 1.51. The first-order valence-electron chi connectivity index (χ1n) is 5.75. The van der Waals surface area contributed by atoms with Crippen LogP contribution in [0.4, 0.5) is 0 Å². The van der Waals surface area contributed by atoms with Crippen molar-refractivity contribution in [2.45, 2.75) is 26.7 Å². The normalized spacial score (nSPS) is 17.3. The van der Waals surface area contributed by atoms with E-state index in [0.717, 1.165) is 5.92 Å². The van der Waals surface area contributed by atoms with Gasteiger partial charge in [0.1, 0.15) is 0 Å². The molecule has 0 fully saturated rings. The first-order chi connectivity index (χ1) is 8.29. The summed E-state index contributed by atoms with van der Waals surface area (Å²) in [5, 5.41) is 15.1. The summed E-state index contributed by atoms with van der Waals surface area (Å²) in [7, 11) is 4.64. The molecule has 2 rings (SSSR count). The molecule has 0 spiro atoms. The number of allylic oxidation sites excluding steroid dienone is 6. The molecule has 1 atom stereocenters. The first kappa shape index (κ1) is 23.3. The molecule has 2 aliphatic rings. The molecule has 0 aromatic heterocycles. The zero-order chi connectivity index (χ0) is 13.5. The standard InChI is InChI=1S/C9H10.2C2H6O.CH3.ClH.Ti/c1-2-5-9-7-3-6-8(9)4-1;2*1-2-3;;;/h1-2,4-6,9H,3,7H2;2*3H,2H2,1H3;1H3;1H;/q;;;-1;;+2/p-1/t9-;;;;;/m0...../s1. The summed E-state index contributed by atoms with van der Waals surface area (Å²) in [4.78, 5) is 0. The van der Waals surface area contributed by atoms with E-state index in [-0.39, 0.29) is 20.6 Å². The van der Waals surface area contributed by atoms with Crippen LogP contribution in [0.15, 0.2) is 36.0 Å². The van der Waals surface area contributed by atoms with Crippen LogP contribution in [-0.4, -0.2) is 23.4 Å². The molecular weight excluding hydrogens is 283 g/mol. The van der Waals surface area contributed by atoms with Crippen LogP contribution >= 0.6 is 9.30 Å². The molecule has 0 amide bonds. The second-order valence-electron chi connectivity index (χ2n) is 3.26. The van der Waals surface area contributed by atoms with E-state index in [1.54, 1.807) is 13.8 Å². The second-order valence-corrected chi connectivity index (χ2v) is 3.26. The summed E-state index contributed by atoms with van der Waals surface area (Å²) < 4.78 is 0. The second kappa shape index (κ2) is 19.5. The van der Waals surface area contributed by atoms with Gasteiger partial charge in [-0.25, -0.2) is 0 Å². The minimum atomic E-state index is 0. The third kappa shape index (κ3) is 12.6. The Labute approximate surface area is 128 Å². The maximum atomic E-state index is 7.57.